The van der Waals surface area contributed by atoms with Crippen molar-refractivity contribution in [2.24, 2.45) is 0 Å². The maximum Gasteiger partial charge on any atom is 0.246 e. The molecular weight excluding hydrogens is 378 g/mol. The standard InChI is InChI=1S/C23H29N5O2/c29-22(9-8-21-16-24-28(18-21)17-20-6-2-1-3-7-20)27-14-12-25(13-15-27)19-23(30)26-10-4-5-11-26/h1-3,6-9,16,18H,4-5,10-15,17,19H2. The molecule has 0 spiro atoms. The molecule has 158 valence electrons. The van der Waals surface area contributed by atoms with E-state index in [9.17, 15) is 9.59 Å². The minimum absolute atomic E-state index is 0.0105. The van der Waals surface area contributed by atoms with Gasteiger partial charge in [-0.3, -0.25) is 19.2 Å². The summed E-state index contributed by atoms with van der Waals surface area (Å²) in [7, 11) is 0. The van der Waals surface area contributed by atoms with Crippen molar-refractivity contribution in [3.63, 3.8) is 0 Å². The molecule has 30 heavy (non-hydrogen) atoms. The molecule has 4 rings (SSSR count). The second-order valence-electron chi connectivity index (χ2n) is 7.98. The lowest BCUT2D eigenvalue weighted by atomic mass is 10.2. The fourth-order valence-electron chi connectivity index (χ4n) is 3.98. The number of nitrogens with zero attached hydrogens (tertiary/aromatic N) is 5. The topological polar surface area (TPSA) is 61.7 Å². The normalized spacial score (nSPS) is 17.7. The maximum atomic E-state index is 12.5. The molecule has 0 atom stereocenters. The van der Waals surface area contributed by atoms with E-state index in [-0.39, 0.29) is 11.8 Å². The molecule has 7 nitrogen and oxygen atoms in total. The highest BCUT2D eigenvalue weighted by Crippen LogP contribution is 2.10. The number of piperazine rings is 1. The molecule has 2 aliphatic rings. The van der Waals surface area contributed by atoms with Crippen LogP contribution >= 0.6 is 0 Å². The fourth-order valence-corrected chi connectivity index (χ4v) is 3.98. The van der Waals surface area contributed by atoms with Gasteiger partial charge in [-0.2, -0.15) is 5.10 Å². The number of rotatable bonds is 6. The summed E-state index contributed by atoms with van der Waals surface area (Å²) < 4.78 is 1.87. The molecule has 0 N–H and O–H groups in total. The number of amides is 2. The Labute approximate surface area is 177 Å². The van der Waals surface area contributed by atoms with Crippen LogP contribution in [0, 0.1) is 0 Å². The average Bonchev–Trinajstić information content (AvgIpc) is 3.46. The van der Waals surface area contributed by atoms with Gasteiger partial charge >= 0.3 is 0 Å². The highest BCUT2D eigenvalue weighted by atomic mass is 16.2. The highest BCUT2D eigenvalue weighted by Gasteiger charge is 2.24. The lowest BCUT2D eigenvalue weighted by Gasteiger charge is -2.34. The number of aromatic nitrogens is 2. The van der Waals surface area contributed by atoms with Gasteiger partial charge in [-0.25, -0.2) is 0 Å². The number of hydrogen-bond donors (Lipinski definition) is 0. The van der Waals surface area contributed by atoms with Gasteiger partial charge in [0.15, 0.2) is 0 Å². The summed E-state index contributed by atoms with van der Waals surface area (Å²) in [5.41, 5.74) is 2.10. The molecule has 3 heterocycles. The summed E-state index contributed by atoms with van der Waals surface area (Å²) in [5, 5.41) is 4.37. The van der Waals surface area contributed by atoms with Gasteiger partial charge in [-0.15, -0.1) is 0 Å². The van der Waals surface area contributed by atoms with Crippen molar-refractivity contribution in [2.75, 3.05) is 45.8 Å². The Bertz CT molecular complexity index is 878. The molecule has 1 aromatic carbocycles. The lowest BCUT2D eigenvalue weighted by molar-refractivity contribution is -0.132. The Morgan fingerprint density at radius 1 is 0.933 bits per heavy atom. The van der Waals surface area contributed by atoms with Gasteiger partial charge in [0, 0.05) is 57.1 Å². The first-order valence-corrected chi connectivity index (χ1v) is 10.7. The number of likely N-dealkylation sites (tertiary alicyclic amines) is 1. The Balaban J connectivity index is 1.23. The lowest BCUT2D eigenvalue weighted by Crippen LogP contribution is -2.51. The number of carbonyl (C=O) groups excluding carboxylic acids is 2. The van der Waals surface area contributed by atoms with E-state index in [1.165, 1.54) is 5.56 Å². The van der Waals surface area contributed by atoms with Gasteiger partial charge in [-0.1, -0.05) is 30.3 Å². The highest BCUT2D eigenvalue weighted by molar-refractivity contribution is 5.91. The molecule has 7 heteroatoms. The molecule has 0 saturated carbocycles. The molecule has 0 unspecified atom stereocenters. The van der Waals surface area contributed by atoms with Crippen LogP contribution in [-0.4, -0.2) is 82.1 Å². The van der Waals surface area contributed by atoms with E-state index in [2.05, 4.69) is 22.1 Å². The summed E-state index contributed by atoms with van der Waals surface area (Å²) in [6.45, 7) is 5.77. The Morgan fingerprint density at radius 2 is 1.67 bits per heavy atom. The molecule has 2 saturated heterocycles. The largest absolute Gasteiger partial charge is 0.342 e. The Morgan fingerprint density at radius 3 is 2.40 bits per heavy atom. The maximum absolute atomic E-state index is 12.5. The third kappa shape index (κ3) is 5.36. The van der Waals surface area contributed by atoms with Gasteiger partial charge in [0.05, 0.1) is 19.3 Å². The van der Waals surface area contributed by atoms with E-state index in [0.717, 1.165) is 44.6 Å². The Hall–Kier alpha value is -2.93. The van der Waals surface area contributed by atoms with Crippen molar-refractivity contribution in [1.82, 2.24) is 24.5 Å². The second kappa shape index (κ2) is 9.71. The van der Waals surface area contributed by atoms with Gasteiger partial charge < -0.3 is 9.80 Å². The van der Waals surface area contributed by atoms with Gasteiger partial charge in [0.1, 0.15) is 0 Å². The van der Waals surface area contributed by atoms with Crippen LogP contribution < -0.4 is 0 Å². The van der Waals surface area contributed by atoms with Gasteiger partial charge in [0.25, 0.3) is 0 Å². The predicted molar refractivity (Wildman–Crippen MR) is 116 cm³/mol. The second-order valence-corrected chi connectivity index (χ2v) is 7.98. The first kappa shape index (κ1) is 20.3. The molecule has 0 bridgehead atoms. The van der Waals surface area contributed by atoms with Crippen molar-refractivity contribution in [3.8, 4) is 0 Å². The molecule has 0 aliphatic carbocycles. The van der Waals surface area contributed by atoms with Crippen molar-refractivity contribution < 1.29 is 9.59 Å². The summed E-state index contributed by atoms with van der Waals surface area (Å²) >= 11 is 0. The number of carbonyl (C=O) groups is 2. The zero-order valence-electron chi connectivity index (χ0n) is 17.3. The van der Waals surface area contributed by atoms with Crippen LogP contribution in [0.4, 0.5) is 0 Å². The van der Waals surface area contributed by atoms with Gasteiger partial charge in [-0.05, 0) is 24.5 Å². The molecule has 1 aromatic heterocycles. The minimum Gasteiger partial charge on any atom is -0.342 e. The Kier molecular flexibility index (Phi) is 6.59. The van der Waals surface area contributed by atoms with Crippen LogP contribution in [0.5, 0.6) is 0 Å². The van der Waals surface area contributed by atoms with Gasteiger partial charge in [0.2, 0.25) is 11.8 Å². The van der Waals surface area contributed by atoms with E-state index >= 15 is 0 Å². The average molecular weight is 408 g/mol. The van der Waals surface area contributed by atoms with Crippen molar-refractivity contribution in [2.45, 2.75) is 19.4 Å². The molecular formula is C23H29N5O2. The summed E-state index contributed by atoms with van der Waals surface area (Å²) in [6.07, 6.45) is 9.39. The van der Waals surface area contributed by atoms with E-state index in [4.69, 9.17) is 0 Å². The predicted octanol–water partition coefficient (Wildman–Crippen LogP) is 1.71. The van der Waals surface area contributed by atoms with Crippen molar-refractivity contribution in [3.05, 3.63) is 59.9 Å². The molecule has 2 aliphatic heterocycles. The summed E-state index contributed by atoms with van der Waals surface area (Å²) in [5.74, 6) is 0.232. The summed E-state index contributed by atoms with van der Waals surface area (Å²) in [4.78, 5) is 30.8. The monoisotopic (exact) mass is 407 g/mol. The quantitative estimate of drug-likeness (QED) is 0.684. The molecule has 2 aromatic rings. The molecule has 0 radical (unpaired) electrons. The third-order valence-corrected chi connectivity index (χ3v) is 5.76. The first-order chi connectivity index (χ1) is 14.7. The first-order valence-electron chi connectivity index (χ1n) is 10.7. The van der Waals surface area contributed by atoms with Crippen molar-refractivity contribution in [1.29, 1.82) is 0 Å². The van der Waals surface area contributed by atoms with Crippen molar-refractivity contribution >= 4 is 17.9 Å². The third-order valence-electron chi connectivity index (χ3n) is 5.76. The number of benzene rings is 1. The smallest absolute Gasteiger partial charge is 0.246 e. The van der Waals surface area contributed by atoms with Crippen LogP contribution in [0.15, 0.2) is 48.8 Å². The van der Waals surface area contributed by atoms with Crippen LogP contribution in [0.3, 0.4) is 0 Å². The van der Waals surface area contributed by atoms with E-state index in [1.54, 1.807) is 12.3 Å². The van der Waals surface area contributed by atoms with Crippen LogP contribution in [0.2, 0.25) is 0 Å². The molecule has 2 fully saturated rings. The zero-order valence-corrected chi connectivity index (χ0v) is 17.3. The van der Waals surface area contributed by atoms with E-state index < -0.39 is 0 Å². The summed E-state index contributed by atoms with van der Waals surface area (Å²) in [6, 6.07) is 10.2. The van der Waals surface area contributed by atoms with Crippen LogP contribution in [-0.2, 0) is 16.1 Å². The fraction of sp³-hybridized carbons (Fsp3) is 0.435. The SMILES string of the molecule is O=C(C=Cc1cnn(Cc2ccccc2)c1)N1CCN(CC(=O)N2CCCC2)CC1. The van der Waals surface area contributed by atoms with E-state index in [1.807, 2.05) is 45.0 Å². The minimum atomic E-state index is 0.0105. The molecule has 2 amide bonds. The zero-order chi connectivity index (χ0) is 20.8. The van der Waals surface area contributed by atoms with Crippen LogP contribution in [0.1, 0.15) is 24.0 Å². The number of hydrogen-bond acceptors (Lipinski definition) is 4. The van der Waals surface area contributed by atoms with E-state index in [0.29, 0.717) is 26.2 Å². The van der Waals surface area contributed by atoms with Crippen LogP contribution in [0.25, 0.3) is 6.08 Å².